The van der Waals surface area contributed by atoms with Crippen molar-refractivity contribution in [2.75, 3.05) is 19.5 Å². The van der Waals surface area contributed by atoms with E-state index in [-0.39, 0.29) is 7.43 Å². The van der Waals surface area contributed by atoms with Gasteiger partial charge in [-0.15, -0.1) is 0 Å². The molecule has 0 saturated heterocycles. The zero-order chi connectivity index (χ0) is 16.1. The minimum atomic E-state index is 0. The molecular formula is C18H21N3O2S. The number of methoxy groups -OCH3 is 2. The molecular weight excluding hydrogens is 322 g/mol. The van der Waals surface area contributed by atoms with Gasteiger partial charge in [0.05, 0.1) is 14.2 Å². The normalized spacial score (nSPS) is 9.92. The second-order valence-electron chi connectivity index (χ2n) is 4.83. The Bertz CT molecular complexity index is 775. The molecule has 1 N–H and O–H groups in total. The summed E-state index contributed by atoms with van der Waals surface area (Å²) in [5.74, 6) is 2.06. The van der Waals surface area contributed by atoms with Gasteiger partial charge in [-0.05, 0) is 29.2 Å². The maximum absolute atomic E-state index is 5.31. The first-order valence-corrected chi connectivity index (χ1v) is 7.91. The Balaban J connectivity index is 0.00000208. The maximum atomic E-state index is 5.31. The summed E-state index contributed by atoms with van der Waals surface area (Å²) < 4.78 is 14.9. The van der Waals surface area contributed by atoms with E-state index in [1.54, 1.807) is 14.2 Å². The lowest BCUT2D eigenvalue weighted by Gasteiger charge is -2.09. The summed E-state index contributed by atoms with van der Waals surface area (Å²) in [7, 11) is 3.25. The Kier molecular flexibility index (Phi) is 6.14. The van der Waals surface area contributed by atoms with Crippen LogP contribution >= 0.6 is 11.5 Å². The molecule has 0 fully saturated rings. The van der Waals surface area contributed by atoms with Crippen LogP contribution in [0, 0.1) is 0 Å². The molecule has 0 aliphatic heterocycles. The number of benzene rings is 2. The van der Waals surface area contributed by atoms with E-state index in [4.69, 9.17) is 9.47 Å². The molecule has 1 heterocycles. The molecule has 0 aliphatic rings. The molecule has 0 bridgehead atoms. The van der Waals surface area contributed by atoms with Gasteiger partial charge < -0.3 is 14.8 Å². The van der Waals surface area contributed by atoms with Crippen molar-refractivity contribution < 1.29 is 9.47 Å². The van der Waals surface area contributed by atoms with Gasteiger partial charge in [-0.25, -0.2) is 0 Å². The van der Waals surface area contributed by atoms with E-state index in [0.717, 1.165) is 21.9 Å². The zero-order valence-electron chi connectivity index (χ0n) is 12.9. The van der Waals surface area contributed by atoms with E-state index in [1.165, 1.54) is 11.5 Å². The fourth-order valence-electron chi connectivity index (χ4n) is 2.16. The summed E-state index contributed by atoms with van der Waals surface area (Å²) in [6, 6.07) is 15.8. The fourth-order valence-corrected chi connectivity index (χ4v) is 2.81. The smallest absolute Gasteiger partial charge is 0.235 e. The van der Waals surface area contributed by atoms with Gasteiger partial charge in [0.1, 0.15) is 5.01 Å². The number of hydrogen-bond acceptors (Lipinski definition) is 6. The zero-order valence-corrected chi connectivity index (χ0v) is 13.8. The number of anilines is 1. The first-order chi connectivity index (χ1) is 11.3. The summed E-state index contributed by atoms with van der Waals surface area (Å²) in [6.45, 7) is 0.616. The second-order valence-corrected chi connectivity index (χ2v) is 5.58. The van der Waals surface area contributed by atoms with Crippen LogP contribution in [-0.4, -0.2) is 23.6 Å². The standard InChI is InChI=1S/C17H17N3O2S.CH4/c1-21-14-9-8-12(10-15(14)22-2)11-18-17-19-16(23-20-17)13-6-4-3-5-7-13;/h3-10H,11H2,1-2H3,(H,18,20);1H4. The topological polar surface area (TPSA) is 56.3 Å². The molecule has 0 atom stereocenters. The van der Waals surface area contributed by atoms with Crippen molar-refractivity contribution in [3.05, 3.63) is 54.1 Å². The van der Waals surface area contributed by atoms with Crippen LogP contribution in [0.5, 0.6) is 11.5 Å². The highest BCUT2D eigenvalue weighted by atomic mass is 32.1. The van der Waals surface area contributed by atoms with Gasteiger partial charge in [0.25, 0.3) is 0 Å². The van der Waals surface area contributed by atoms with E-state index in [9.17, 15) is 0 Å². The number of aromatic nitrogens is 2. The third kappa shape index (κ3) is 4.02. The average molecular weight is 343 g/mol. The van der Waals surface area contributed by atoms with Crippen LogP contribution < -0.4 is 14.8 Å². The van der Waals surface area contributed by atoms with Gasteiger partial charge in [0.15, 0.2) is 11.5 Å². The Morgan fingerprint density at radius 1 is 1.00 bits per heavy atom. The Morgan fingerprint density at radius 3 is 2.46 bits per heavy atom. The summed E-state index contributed by atoms with van der Waals surface area (Å²) >= 11 is 1.38. The molecule has 0 saturated carbocycles. The van der Waals surface area contributed by atoms with Crippen molar-refractivity contribution in [1.82, 2.24) is 9.36 Å². The lowest BCUT2D eigenvalue weighted by molar-refractivity contribution is 0.354. The quantitative estimate of drug-likeness (QED) is 0.715. The van der Waals surface area contributed by atoms with Gasteiger partial charge in [0, 0.05) is 12.1 Å². The maximum Gasteiger partial charge on any atom is 0.235 e. The molecule has 0 amide bonds. The minimum Gasteiger partial charge on any atom is -0.493 e. The third-order valence-corrected chi connectivity index (χ3v) is 4.11. The molecule has 3 rings (SSSR count). The Labute approximate surface area is 146 Å². The van der Waals surface area contributed by atoms with Crippen molar-refractivity contribution in [1.29, 1.82) is 0 Å². The predicted octanol–water partition coefficient (Wildman–Crippen LogP) is 4.47. The summed E-state index contributed by atoms with van der Waals surface area (Å²) in [5, 5.41) is 4.13. The van der Waals surface area contributed by atoms with Crippen LogP contribution in [0.25, 0.3) is 10.6 Å². The molecule has 0 unspecified atom stereocenters. The van der Waals surface area contributed by atoms with E-state index in [0.29, 0.717) is 18.2 Å². The molecule has 2 aromatic carbocycles. The van der Waals surface area contributed by atoms with Crippen molar-refractivity contribution in [2.24, 2.45) is 0 Å². The first kappa shape index (κ1) is 17.7. The highest BCUT2D eigenvalue weighted by molar-refractivity contribution is 7.09. The molecule has 3 aromatic rings. The van der Waals surface area contributed by atoms with Gasteiger partial charge >= 0.3 is 0 Å². The van der Waals surface area contributed by atoms with Gasteiger partial charge in [0.2, 0.25) is 5.95 Å². The summed E-state index contributed by atoms with van der Waals surface area (Å²) in [6.07, 6.45) is 0. The monoisotopic (exact) mass is 343 g/mol. The SMILES string of the molecule is C.COc1ccc(CNc2nsc(-c3ccccc3)n2)cc1OC. The fraction of sp³-hybridized carbons (Fsp3) is 0.222. The molecule has 24 heavy (non-hydrogen) atoms. The Hall–Kier alpha value is -2.60. The van der Waals surface area contributed by atoms with E-state index >= 15 is 0 Å². The molecule has 126 valence electrons. The van der Waals surface area contributed by atoms with E-state index in [2.05, 4.69) is 14.7 Å². The van der Waals surface area contributed by atoms with Crippen LogP contribution in [0.1, 0.15) is 13.0 Å². The van der Waals surface area contributed by atoms with Crippen LogP contribution in [0.4, 0.5) is 5.95 Å². The second kappa shape index (κ2) is 8.31. The summed E-state index contributed by atoms with van der Waals surface area (Å²) in [5.41, 5.74) is 2.14. The third-order valence-electron chi connectivity index (χ3n) is 3.35. The van der Waals surface area contributed by atoms with Gasteiger partial charge in [-0.2, -0.15) is 9.36 Å². The molecule has 5 nitrogen and oxygen atoms in total. The minimum absolute atomic E-state index is 0. The highest BCUT2D eigenvalue weighted by Crippen LogP contribution is 2.28. The average Bonchev–Trinajstić information content (AvgIpc) is 3.09. The van der Waals surface area contributed by atoms with Crippen LogP contribution in [-0.2, 0) is 6.54 Å². The van der Waals surface area contributed by atoms with Crippen LogP contribution in [0.3, 0.4) is 0 Å². The van der Waals surface area contributed by atoms with Gasteiger partial charge in [-0.1, -0.05) is 43.8 Å². The number of hydrogen-bond donors (Lipinski definition) is 1. The molecule has 0 aliphatic carbocycles. The van der Waals surface area contributed by atoms with Crippen molar-refractivity contribution in [3.63, 3.8) is 0 Å². The molecule has 0 spiro atoms. The van der Waals surface area contributed by atoms with E-state index < -0.39 is 0 Å². The van der Waals surface area contributed by atoms with Crippen LogP contribution in [0.15, 0.2) is 48.5 Å². The lowest BCUT2D eigenvalue weighted by atomic mass is 10.2. The highest BCUT2D eigenvalue weighted by Gasteiger charge is 2.07. The molecule has 1 aromatic heterocycles. The number of rotatable bonds is 6. The predicted molar refractivity (Wildman–Crippen MR) is 98.9 cm³/mol. The van der Waals surface area contributed by atoms with Crippen molar-refractivity contribution in [2.45, 2.75) is 14.0 Å². The van der Waals surface area contributed by atoms with Crippen LogP contribution in [0.2, 0.25) is 0 Å². The van der Waals surface area contributed by atoms with E-state index in [1.807, 2.05) is 48.5 Å². The number of nitrogens with one attached hydrogen (secondary N) is 1. The summed E-state index contributed by atoms with van der Waals surface area (Å²) in [4.78, 5) is 4.51. The molecule has 6 heteroatoms. The largest absolute Gasteiger partial charge is 0.493 e. The number of ether oxygens (including phenoxy) is 2. The first-order valence-electron chi connectivity index (χ1n) is 7.14. The Morgan fingerprint density at radius 2 is 1.75 bits per heavy atom. The van der Waals surface area contributed by atoms with Gasteiger partial charge in [-0.3, -0.25) is 0 Å². The lowest BCUT2D eigenvalue weighted by Crippen LogP contribution is -2.01. The molecule has 0 radical (unpaired) electrons. The number of nitrogens with zero attached hydrogens (tertiary/aromatic N) is 2. The van der Waals surface area contributed by atoms with Crippen molar-refractivity contribution in [3.8, 4) is 22.1 Å². The van der Waals surface area contributed by atoms with Crippen molar-refractivity contribution >= 4 is 17.5 Å².